The van der Waals surface area contributed by atoms with Crippen LogP contribution in [0.15, 0.2) is 60.8 Å². The summed E-state index contributed by atoms with van der Waals surface area (Å²) in [6.45, 7) is 3.37. The first-order valence-electron chi connectivity index (χ1n) is 9.12. The summed E-state index contributed by atoms with van der Waals surface area (Å²) in [6, 6.07) is 15.6. The van der Waals surface area contributed by atoms with E-state index in [9.17, 15) is 4.39 Å². The molecule has 1 aliphatic rings. The van der Waals surface area contributed by atoms with Crippen molar-refractivity contribution in [3.63, 3.8) is 0 Å². The third-order valence-corrected chi connectivity index (χ3v) is 4.65. The maximum absolute atomic E-state index is 13.0. The van der Waals surface area contributed by atoms with Gasteiger partial charge in [-0.05, 0) is 48.5 Å². The van der Waals surface area contributed by atoms with Gasteiger partial charge in [-0.1, -0.05) is 0 Å². The minimum Gasteiger partial charge on any atom is -0.497 e. The SMILES string of the molecule is COc1ccc(N2CCN(c3nccc(Oc4ccc(F)cc4)n3)CC2)cc1. The molecule has 6 nitrogen and oxygen atoms in total. The van der Waals surface area contributed by atoms with Gasteiger partial charge >= 0.3 is 0 Å². The molecular formula is C21H21FN4O2. The Morgan fingerprint density at radius 3 is 2.14 bits per heavy atom. The average Bonchev–Trinajstić information content (AvgIpc) is 2.76. The molecule has 1 fully saturated rings. The number of halogens is 1. The Morgan fingerprint density at radius 2 is 1.46 bits per heavy atom. The van der Waals surface area contributed by atoms with Gasteiger partial charge in [-0.15, -0.1) is 0 Å². The molecule has 0 radical (unpaired) electrons. The summed E-state index contributed by atoms with van der Waals surface area (Å²) in [5.41, 5.74) is 1.18. The fourth-order valence-corrected chi connectivity index (χ4v) is 3.12. The molecule has 0 saturated carbocycles. The standard InChI is InChI=1S/C21H21FN4O2/c1-27-18-8-4-17(5-9-18)25-12-14-26(15-13-25)21-23-11-10-20(24-21)28-19-6-2-16(22)3-7-19/h2-11H,12-15H2,1H3. The molecule has 1 saturated heterocycles. The van der Waals surface area contributed by atoms with Gasteiger partial charge in [0.25, 0.3) is 0 Å². The van der Waals surface area contributed by atoms with Crippen molar-refractivity contribution < 1.29 is 13.9 Å². The summed E-state index contributed by atoms with van der Waals surface area (Å²) in [5.74, 6) is 2.16. The van der Waals surface area contributed by atoms with E-state index < -0.39 is 0 Å². The van der Waals surface area contributed by atoms with Crippen LogP contribution in [0.1, 0.15) is 0 Å². The van der Waals surface area contributed by atoms with Crippen molar-refractivity contribution in [2.45, 2.75) is 0 Å². The van der Waals surface area contributed by atoms with Gasteiger partial charge in [0.2, 0.25) is 11.8 Å². The number of benzene rings is 2. The average molecular weight is 380 g/mol. The van der Waals surface area contributed by atoms with Crippen molar-refractivity contribution in [3.05, 3.63) is 66.6 Å². The molecule has 0 bridgehead atoms. The van der Waals surface area contributed by atoms with E-state index in [-0.39, 0.29) is 5.82 Å². The lowest BCUT2D eigenvalue weighted by Crippen LogP contribution is -2.47. The summed E-state index contributed by atoms with van der Waals surface area (Å²) in [4.78, 5) is 13.3. The second kappa shape index (κ2) is 8.12. The highest BCUT2D eigenvalue weighted by atomic mass is 19.1. The highest BCUT2D eigenvalue weighted by Crippen LogP contribution is 2.24. The van der Waals surface area contributed by atoms with Gasteiger partial charge in [-0.3, -0.25) is 0 Å². The van der Waals surface area contributed by atoms with Gasteiger partial charge < -0.3 is 19.3 Å². The zero-order valence-electron chi connectivity index (χ0n) is 15.6. The van der Waals surface area contributed by atoms with Crippen molar-refractivity contribution in [3.8, 4) is 17.4 Å². The van der Waals surface area contributed by atoms with Crippen molar-refractivity contribution in [1.82, 2.24) is 9.97 Å². The lowest BCUT2D eigenvalue weighted by atomic mass is 10.2. The van der Waals surface area contributed by atoms with E-state index >= 15 is 0 Å². The fraction of sp³-hybridized carbons (Fsp3) is 0.238. The Balaban J connectivity index is 1.39. The van der Waals surface area contributed by atoms with Gasteiger partial charge in [0.1, 0.15) is 17.3 Å². The van der Waals surface area contributed by atoms with Gasteiger partial charge in [0.05, 0.1) is 7.11 Å². The molecule has 144 valence electrons. The van der Waals surface area contributed by atoms with Gasteiger partial charge in [-0.2, -0.15) is 4.98 Å². The Labute approximate surface area is 163 Å². The molecule has 4 rings (SSSR count). The summed E-state index contributed by atoms with van der Waals surface area (Å²) >= 11 is 0. The van der Waals surface area contributed by atoms with E-state index in [0.717, 1.165) is 31.9 Å². The zero-order valence-corrected chi connectivity index (χ0v) is 15.6. The highest BCUT2D eigenvalue weighted by Gasteiger charge is 2.19. The first-order chi connectivity index (χ1) is 13.7. The Hall–Kier alpha value is -3.35. The Morgan fingerprint density at radius 1 is 0.821 bits per heavy atom. The lowest BCUT2D eigenvalue weighted by molar-refractivity contribution is 0.415. The van der Waals surface area contributed by atoms with Crippen LogP contribution in [0.3, 0.4) is 0 Å². The normalized spacial score (nSPS) is 14.1. The number of hydrogen-bond donors (Lipinski definition) is 0. The summed E-state index contributed by atoms with van der Waals surface area (Å²) < 4.78 is 24.0. The predicted octanol–water partition coefficient (Wildman–Crippen LogP) is 3.74. The van der Waals surface area contributed by atoms with Crippen molar-refractivity contribution in [1.29, 1.82) is 0 Å². The van der Waals surface area contributed by atoms with E-state index in [2.05, 4.69) is 31.9 Å². The third-order valence-electron chi connectivity index (χ3n) is 4.65. The van der Waals surface area contributed by atoms with Gasteiger partial charge in [0.15, 0.2) is 0 Å². The van der Waals surface area contributed by atoms with Crippen molar-refractivity contribution >= 4 is 11.6 Å². The first-order valence-corrected chi connectivity index (χ1v) is 9.12. The van der Waals surface area contributed by atoms with Crippen LogP contribution in [0, 0.1) is 5.82 Å². The smallest absolute Gasteiger partial charge is 0.228 e. The van der Waals surface area contributed by atoms with Crippen molar-refractivity contribution in [2.24, 2.45) is 0 Å². The number of anilines is 2. The van der Waals surface area contributed by atoms with Gasteiger partial charge in [0, 0.05) is 44.1 Å². The van der Waals surface area contributed by atoms with Crippen LogP contribution in [0.25, 0.3) is 0 Å². The van der Waals surface area contributed by atoms with Crippen LogP contribution in [0.2, 0.25) is 0 Å². The fourth-order valence-electron chi connectivity index (χ4n) is 3.12. The summed E-state index contributed by atoms with van der Waals surface area (Å²) in [5, 5.41) is 0. The van der Waals surface area contributed by atoms with Crippen LogP contribution >= 0.6 is 0 Å². The molecule has 7 heteroatoms. The number of methoxy groups -OCH3 is 1. The number of nitrogens with zero attached hydrogens (tertiary/aromatic N) is 4. The van der Waals surface area contributed by atoms with Crippen LogP contribution in [0.5, 0.6) is 17.4 Å². The van der Waals surface area contributed by atoms with E-state index in [0.29, 0.717) is 17.6 Å². The summed E-state index contributed by atoms with van der Waals surface area (Å²) in [6.07, 6.45) is 1.68. The number of aromatic nitrogens is 2. The Kier molecular flexibility index (Phi) is 5.23. The maximum Gasteiger partial charge on any atom is 0.228 e. The molecule has 0 amide bonds. The minimum atomic E-state index is -0.301. The first kappa shape index (κ1) is 18.0. The summed E-state index contributed by atoms with van der Waals surface area (Å²) in [7, 11) is 1.67. The van der Waals surface area contributed by atoms with Crippen LogP contribution in [-0.4, -0.2) is 43.3 Å². The van der Waals surface area contributed by atoms with Crippen LogP contribution < -0.4 is 19.3 Å². The lowest BCUT2D eigenvalue weighted by Gasteiger charge is -2.36. The van der Waals surface area contributed by atoms with Crippen molar-refractivity contribution in [2.75, 3.05) is 43.1 Å². The number of ether oxygens (including phenoxy) is 2. The van der Waals surface area contributed by atoms with Crippen LogP contribution in [0.4, 0.5) is 16.0 Å². The second-order valence-corrected chi connectivity index (χ2v) is 6.42. The minimum absolute atomic E-state index is 0.301. The zero-order chi connectivity index (χ0) is 19.3. The van der Waals surface area contributed by atoms with E-state index in [4.69, 9.17) is 9.47 Å². The van der Waals surface area contributed by atoms with Crippen LogP contribution in [-0.2, 0) is 0 Å². The monoisotopic (exact) mass is 380 g/mol. The topological polar surface area (TPSA) is 50.7 Å². The second-order valence-electron chi connectivity index (χ2n) is 6.42. The van der Waals surface area contributed by atoms with E-state index in [1.165, 1.54) is 17.8 Å². The molecule has 2 heterocycles. The highest BCUT2D eigenvalue weighted by molar-refractivity contribution is 5.50. The molecule has 28 heavy (non-hydrogen) atoms. The van der Waals surface area contributed by atoms with Gasteiger partial charge in [-0.25, -0.2) is 9.37 Å². The molecule has 1 aromatic heterocycles. The van der Waals surface area contributed by atoms with E-state index in [1.54, 1.807) is 31.5 Å². The largest absolute Gasteiger partial charge is 0.497 e. The predicted molar refractivity (Wildman–Crippen MR) is 106 cm³/mol. The molecule has 0 N–H and O–H groups in total. The molecule has 3 aromatic rings. The number of piperazine rings is 1. The molecule has 0 atom stereocenters. The number of hydrogen-bond acceptors (Lipinski definition) is 6. The molecule has 2 aromatic carbocycles. The molecule has 0 unspecified atom stereocenters. The molecular weight excluding hydrogens is 359 g/mol. The number of rotatable bonds is 5. The molecule has 0 spiro atoms. The third kappa shape index (κ3) is 4.14. The maximum atomic E-state index is 13.0. The molecule has 0 aliphatic carbocycles. The molecule has 1 aliphatic heterocycles. The Bertz CT molecular complexity index is 910. The van der Waals surface area contributed by atoms with E-state index in [1.807, 2.05) is 12.1 Å². The quantitative estimate of drug-likeness (QED) is 0.672.